The molecule has 1 aliphatic rings. The molecule has 0 atom stereocenters. The highest BCUT2D eigenvalue weighted by atomic mass is 16.5. The molecule has 1 saturated heterocycles. The number of ether oxygens (including phenoxy) is 1. The number of benzene rings is 2. The van der Waals surface area contributed by atoms with Crippen LogP contribution in [0.3, 0.4) is 0 Å². The van der Waals surface area contributed by atoms with Crippen LogP contribution in [0, 0.1) is 13.8 Å². The molecule has 2 heterocycles. The van der Waals surface area contributed by atoms with Gasteiger partial charge in [-0.2, -0.15) is 5.10 Å². The van der Waals surface area contributed by atoms with Gasteiger partial charge in [0.25, 0.3) is 5.91 Å². The van der Waals surface area contributed by atoms with Crippen LogP contribution < -0.4 is 0 Å². The van der Waals surface area contributed by atoms with Gasteiger partial charge in [-0.05, 0) is 56.0 Å². The minimum absolute atomic E-state index is 0.0370. The van der Waals surface area contributed by atoms with Crippen molar-refractivity contribution in [3.63, 3.8) is 0 Å². The molecule has 2 aromatic carbocycles. The minimum Gasteiger partial charge on any atom is -0.381 e. The second kappa shape index (κ2) is 8.21. The van der Waals surface area contributed by atoms with Crippen molar-refractivity contribution in [2.75, 3.05) is 20.2 Å². The lowest BCUT2D eigenvalue weighted by Gasteiger charge is -2.31. The molecule has 5 heteroatoms. The Labute approximate surface area is 171 Å². The molecular formula is C24H27N3O2. The van der Waals surface area contributed by atoms with Gasteiger partial charge in [0.1, 0.15) is 5.69 Å². The number of hydrogen-bond donors (Lipinski definition) is 0. The molecule has 1 amide bonds. The van der Waals surface area contributed by atoms with Gasteiger partial charge in [0, 0.05) is 32.0 Å². The van der Waals surface area contributed by atoms with Gasteiger partial charge in [-0.15, -0.1) is 0 Å². The summed E-state index contributed by atoms with van der Waals surface area (Å²) in [6.07, 6.45) is 3.84. The summed E-state index contributed by atoms with van der Waals surface area (Å²) in [6, 6.07) is 16.2. The number of carbonyl (C=O) groups is 1. The fourth-order valence-electron chi connectivity index (χ4n) is 3.81. The van der Waals surface area contributed by atoms with E-state index in [0.717, 1.165) is 29.8 Å². The van der Waals surface area contributed by atoms with Crippen LogP contribution in [0.15, 0.2) is 54.7 Å². The summed E-state index contributed by atoms with van der Waals surface area (Å²) in [5, 5.41) is 4.81. The van der Waals surface area contributed by atoms with E-state index in [2.05, 4.69) is 26.0 Å². The van der Waals surface area contributed by atoms with E-state index in [1.54, 1.807) is 11.8 Å². The zero-order valence-corrected chi connectivity index (χ0v) is 17.3. The number of methoxy groups -OCH3 is 1. The molecule has 1 fully saturated rings. The van der Waals surface area contributed by atoms with Crippen LogP contribution in [-0.2, 0) is 4.74 Å². The van der Waals surface area contributed by atoms with Crippen LogP contribution in [0.1, 0.15) is 34.3 Å². The van der Waals surface area contributed by atoms with Crippen molar-refractivity contribution in [1.29, 1.82) is 0 Å². The van der Waals surface area contributed by atoms with Gasteiger partial charge in [0.15, 0.2) is 0 Å². The van der Waals surface area contributed by atoms with E-state index in [4.69, 9.17) is 9.84 Å². The maximum absolute atomic E-state index is 13.4. The van der Waals surface area contributed by atoms with Crippen molar-refractivity contribution in [2.24, 2.45) is 0 Å². The lowest BCUT2D eigenvalue weighted by Crippen LogP contribution is -2.40. The van der Waals surface area contributed by atoms with Gasteiger partial charge in [-0.25, -0.2) is 4.68 Å². The first-order valence-electron chi connectivity index (χ1n) is 10.1. The van der Waals surface area contributed by atoms with E-state index in [0.29, 0.717) is 18.7 Å². The van der Waals surface area contributed by atoms with Crippen LogP contribution >= 0.6 is 0 Å². The van der Waals surface area contributed by atoms with Crippen molar-refractivity contribution in [3.8, 4) is 16.9 Å². The van der Waals surface area contributed by atoms with Crippen LogP contribution in [0.4, 0.5) is 0 Å². The molecule has 150 valence electrons. The Hall–Kier alpha value is -2.92. The summed E-state index contributed by atoms with van der Waals surface area (Å²) < 4.78 is 7.26. The number of carbonyl (C=O) groups excluding carboxylic acids is 1. The molecule has 0 radical (unpaired) electrons. The zero-order valence-electron chi connectivity index (χ0n) is 17.3. The Kier molecular flexibility index (Phi) is 5.49. The quantitative estimate of drug-likeness (QED) is 0.664. The minimum atomic E-state index is 0.0370. The molecule has 5 nitrogen and oxygen atoms in total. The van der Waals surface area contributed by atoms with Crippen LogP contribution in [0.5, 0.6) is 0 Å². The third-order valence-electron chi connectivity index (χ3n) is 5.81. The fourth-order valence-corrected chi connectivity index (χ4v) is 3.81. The highest BCUT2D eigenvalue weighted by Gasteiger charge is 2.27. The first kappa shape index (κ1) is 19.4. The lowest BCUT2D eigenvalue weighted by atomic mass is 10.0. The third kappa shape index (κ3) is 3.96. The van der Waals surface area contributed by atoms with Crippen molar-refractivity contribution in [1.82, 2.24) is 14.7 Å². The second-order valence-corrected chi connectivity index (χ2v) is 7.70. The van der Waals surface area contributed by atoms with Gasteiger partial charge in [0.05, 0.1) is 17.4 Å². The highest BCUT2D eigenvalue weighted by Crippen LogP contribution is 2.28. The van der Waals surface area contributed by atoms with Crippen molar-refractivity contribution >= 4 is 5.91 Å². The summed E-state index contributed by atoms with van der Waals surface area (Å²) in [4.78, 5) is 15.3. The molecule has 1 aliphatic heterocycles. The first-order chi connectivity index (χ1) is 14.1. The molecule has 0 saturated carbocycles. The highest BCUT2D eigenvalue weighted by molar-refractivity contribution is 6.00. The largest absolute Gasteiger partial charge is 0.381 e. The monoisotopic (exact) mass is 389 g/mol. The standard InChI is InChI=1S/C24H27N3O2/c1-17-9-10-19(15-18(17)2)23-22(16-27(25-23)20-7-5-4-6-8-20)24(28)26-13-11-21(29-3)12-14-26/h4-10,15-16,21H,11-14H2,1-3H3. The molecule has 0 unspecified atom stereocenters. The molecule has 0 aliphatic carbocycles. The number of likely N-dealkylation sites (tertiary alicyclic amines) is 1. The number of piperidine rings is 1. The van der Waals surface area contributed by atoms with E-state index >= 15 is 0 Å². The summed E-state index contributed by atoms with van der Waals surface area (Å²) >= 11 is 0. The van der Waals surface area contributed by atoms with E-state index in [1.807, 2.05) is 47.5 Å². The Morgan fingerprint density at radius 2 is 1.76 bits per heavy atom. The first-order valence-corrected chi connectivity index (χ1v) is 10.1. The van der Waals surface area contributed by atoms with Gasteiger partial charge in [0.2, 0.25) is 0 Å². The topological polar surface area (TPSA) is 47.4 Å². The maximum atomic E-state index is 13.4. The number of aromatic nitrogens is 2. The number of amides is 1. The zero-order chi connectivity index (χ0) is 20.4. The van der Waals surface area contributed by atoms with E-state index in [1.165, 1.54) is 11.1 Å². The summed E-state index contributed by atoms with van der Waals surface area (Å²) in [7, 11) is 1.74. The molecule has 4 rings (SSSR count). The average molecular weight is 389 g/mol. The smallest absolute Gasteiger partial charge is 0.257 e. The molecular weight excluding hydrogens is 362 g/mol. The van der Waals surface area contributed by atoms with Gasteiger partial charge in [-0.3, -0.25) is 4.79 Å². The molecule has 1 aromatic heterocycles. The van der Waals surface area contributed by atoms with Crippen molar-refractivity contribution < 1.29 is 9.53 Å². The Bertz CT molecular complexity index is 1000. The molecule has 0 spiro atoms. The molecule has 0 bridgehead atoms. The van der Waals surface area contributed by atoms with E-state index in [9.17, 15) is 4.79 Å². The predicted molar refractivity (Wildman–Crippen MR) is 114 cm³/mol. The van der Waals surface area contributed by atoms with E-state index < -0.39 is 0 Å². The predicted octanol–water partition coefficient (Wildman–Crippen LogP) is 4.41. The van der Waals surface area contributed by atoms with Crippen molar-refractivity contribution in [2.45, 2.75) is 32.8 Å². The van der Waals surface area contributed by atoms with Crippen LogP contribution in [0.25, 0.3) is 16.9 Å². The molecule has 29 heavy (non-hydrogen) atoms. The van der Waals surface area contributed by atoms with Crippen molar-refractivity contribution in [3.05, 3.63) is 71.4 Å². The Morgan fingerprint density at radius 1 is 1.03 bits per heavy atom. The number of para-hydroxylation sites is 1. The maximum Gasteiger partial charge on any atom is 0.257 e. The molecule has 0 N–H and O–H groups in total. The van der Waals surface area contributed by atoms with Gasteiger partial charge < -0.3 is 9.64 Å². The Morgan fingerprint density at radius 3 is 2.41 bits per heavy atom. The lowest BCUT2D eigenvalue weighted by molar-refractivity contribution is 0.0351. The second-order valence-electron chi connectivity index (χ2n) is 7.70. The summed E-state index contributed by atoms with van der Waals surface area (Å²) in [5.74, 6) is 0.0370. The number of rotatable bonds is 4. The third-order valence-corrected chi connectivity index (χ3v) is 5.81. The number of nitrogens with zero attached hydrogens (tertiary/aromatic N) is 3. The fraction of sp³-hybridized carbons (Fsp3) is 0.333. The van der Waals surface area contributed by atoms with Gasteiger partial charge in [-0.1, -0.05) is 30.3 Å². The summed E-state index contributed by atoms with van der Waals surface area (Å²) in [6.45, 7) is 5.60. The molecule has 3 aromatic rings. The van der Waals surface area contributed by atoms with Crippen LogP contribution in [-0.4, -0.2) is 46.9 Å². The van der Waals surface area contributed by atoms with Crippen LogP contribution in [0.2, 0.25) is 0 Å². The number of aryl methyl sites for hydroxylation is 2. The normalized spacial score (nSPS) is 14.9. The van der Waals surface area contributed by atoms with E-state index in [-0.39, 0.29) is 12.0 Å². The summed E-state index contributed by atoms with van der Waals surface area (Å²) in [5.41, 5.74) is 5.71. The van der Waals surface area contributed by atoms with Gasteiger partial charge >= 0.3 is 0 Å². The SMILES string of the molecule is COC1CCN(C(=O)c2cn(-c3ccccc3)nc2-c2ccc(C)c(C)c2)CC1. The Balaban J connectivity index is 1.74. The average Bonchev–Trinajstić information content (AvgIpc) is 3.21. The number of hydrogen-bond acceptors (Lipinski definition) is 3.